The van der Waals surface area contributed by atoms with Crippen molar-refractivity contribution in [3.63, 3.8) is 0 Å². The first-order valence-corrected chi connectivity index (χ1v) is 9.92. The summed E-state index contributed by atoms with van der Waals surface area (Å²) < 4.78 is 18.6. The number of halogens is 1. The van der Waals surface area contributed by atoms with Crippen LogP contribution in [0.1, 0.15) is 37.7 Å². The molecule has 1 saturated heterocycles. The molecule has 4 heteroatoms. The van der Waals surface area contributed by atoms with Gasteiger partial charge in [0.05, 0.1) is 5.60 Å². The maximum Gasteiger partial charge on any atom is 0.123 e. The fourth-order valence-electron chi connectivity index (χ4n) is 4.20. The second-order valence-electron chi connectivity index (χ2n) is 7.47. The van der Waals surface area contributed by atoms with Crippen molar-refractivity contribution in [2.75, 3.05) is 26.8 Å². The first-order valence-electron chi connectivity index (χ1n) is 9.92. The lowest BCUT2D eigenvalue weighted by atomic mass is 9.72. The zero-order valence-electron chi connectivity index (χ0n) is 16.1. The maximum absolute atomic E-state index is 13.4. The van der Waals surface area contributed by atoms with E-state index in [9.17, 15) is 9.50 Å². The quantitative estimate of drug-likeness (QED) is 0.672. The van der Waals surface area contributed by atoms with Crippen LogP contribution in [0.4, 0.5) is 4.39 Å². The Bertz CT molecular complexity index is 713. The predicted octanol–water partition coefficient (Wildman–Crippen LogP) is 4.50. The minimum atomic E-state index is -0.911. The second kappa shape index (κ2) is 9.45. The summed E-state index contributed by atoms with van der Waals surface area (Å²) in [6, 6.07) is 14.6. The fraction of sp³-hybridized carbons (Fsp3) is 0.478. The lowest BCUT2D eigenvalue weighted by Crippen LogP contribution is -2.44. The van der Waals surface area contributed by atoms with Crippen molar-refractivity contribution in [1.29, 1.82) is 0 Å². The topological polar surface area (TPSA) is 41.5 Å². The molecule has 0 amide bonds. The molecule has 2 N–H and O–H groups in total. The van der Waals surface area contributed by atoms with Gasteiger partial charge in [0.2, 0.25) is 0 Å². The van der Waals surface area contributed by atoms with Crippen molar-refractivity contribution in [2.24, 2.45) is 5.92 Å². The molecule has 0 saturated carbocycles. The number of rotatable bonds is 8. The summed E-state index contributed by atoms with van der Waals surface area (Å²) in [6.07, 6.45) is 4.60. The third-order valence-electron chi connectivity index (χ3n) is 5.68. The van der Waals surface area contributed by atoms with Gasteiger partial charge in [0.15, 0.2) is 0 Å². The van der Waals surface area contributed by atoms with Crippen LogP contribution in [0, 0.1) is 11.7 Å². The summed E-state index contributed by atoms with van der Waals surface area (Å²) in [5.41, 5.74) is 1.96. The molecule has 1 heterocycles. The van der Waals surface area contributed by atoms with Gasteiger partial charge < -0.3 is 15.2 Å². The molecule has 1 fully saturated rings. The van der Waals surface area contributed by atoms with Gasteiger partial charge in [-0.1, -0.05) is 36.4 Å². The molecular formula is C23H30FNO2. The van der Waals surface area contributed by atoms with Crippen LogP contribution in [0.25, 0.3) is 11.1 Å². The highest BCUT2D eigenvalue weighted by Crippen LogP contribution is 2.42. The Hall–Kier alpha value is -1.75. The molecule has 146 valence electrons. The number of hydrogen-bond acceptors (Lipinski definition) is 3. The van der Waals surface area contributed by atoms with Gasteiger partial charge in [-0.3, -0.25) is 0 Å². The van der Waals surface area contributed by atoms with Gasteiger partial charge in [-0.05, 0) is 67.5 Å². The Balaban J connectivity index is 1.97. The standard InChI is InChI=1S/C23H30FNO2/c1-27-16-5-4-14-23(26,19-7-6-15-25-17-19)22-9-3-2-8-21(22)18-10-12-20(24)13-11-18/h2-3,8-13,19,25-26H,4-7,14-17H2,1H3/t19-,23+/m1/s1. The van der Waals surface area contributed by atoms with Crippen molar-refractivity contribution in [2.45, 2.75) is 37.7 Å². The second-order valence-corrected chi connectivity index (χ2v) is 7.47. The summed E-state index contributed by atoms with van der Waals surface area (Å²) >= 11 is 0. The molecule has 0 aliphatic carbocycles. The first kappa shape index (κ1) is 20.0. The number of unbranched alkanes of at least 4 members (excludes halogenated alkanes) is 1. The van der Waals surface area contributed by atoms with Crippen molar-refractivity contribution in [3.05, 3.63) is 59.9 Å². The number of piperidine rings is 1. The summed E-state index contributed by atoms with van der Waals surface area (Å²) in [5, 5.41) is 15.4. The molecule has 3 nitrogen and oxygen atoms in total. The summed E-state index contributed by atoms with van der Waals surface area (Å²) in [7, 11) is 1.71. The maximum atomic E-state index is 13.4. The SMILES string of the molecule is COCCCC[C@@](O)(c1ccccc1-c1ccc(F)cc1)[C@@H]1CCCNC1. The van der Waals surface area contributed by atoms with Crippen LogP contribution in [0.2, 0.25) is 0 Å². The molecule has 2 aromatic carbocycles. The molecule has 0 aromatic heterocycles. The number of benzene rings is 2. The van der Waals surface area contributed by atoms with E-state index in [2.05, 4.69) is 5.32 Å². The Morgan fingerprint density at radius 2 is 1.93 bits per heavy atom. The Kier molecular flexibility index (Phi) is 7.00. The highest BCUT2D eigenvalue weighted by molar-refractivity contribution is 5.68. The van der Waals surface area contributed by atoms with Crippen LogP contribution >= 0.6 is 0 Å². The third kappa shape index (κ3) is 4.75. The van der Waals surface area contributed by atoms with E-state index in [0.717, 1.165) is 55.5 Å². The molecule has 2 aromatic rings. The Labute approximate surface area is 161 Å². The van der Waals surface area contributed by atoms with Crippen LogP contribution in [0.15, 0.2) is 48.5 Å². The van der Waals surface area contributed by atoms with Gasteiger partial charge in [-0.25, -0.2) is 4.39 Å². The monoisotopic (exact) mass is 371 g/mol. The average molecular weight is 371 g/mol. The summed E-state index contributed by atoms with van der Waals surface area (Å²) in [4.78, 5) is 0. The van der Waals surface area contributed by atoms with E-state index < -0.39 is 5.60 Å². The van der Waals surface area contributed by atoms with Gasteiger partial charge in [-0.2, -0.15) is 0 Å². The number of aliphatic hydroxyl groups is 1. The van der Waals surface area contributed by atoms with Crippen LogP contribution in [-0.4, -0.2) is 31.9 Å². The molecule has 3 rings (SSSR count). The highest BCUT2D eigenvalue weighted by atomic mass is 19.1. The molecule has 27 heavy (non-hydrogen) atoms. The fourth-order valence-corrected chi connectivity index (χ4v) is 4.20. The molecule has 1 aliphatic heterocycles. The van der Waals surface area contributed by atoms with Crippen molar-refractivity contribution in [3.8, 4) is 11.1 Å². The smallest absolute Gasteiger partial charge is 0.123 e. The van der Waals surface area contributed by atoms with E-state index in [1.165, 1.54) is 12.1 Å². The number of ether oxygens (including phenoxy) is 1. The normalized spacial score (nSPS) is 19.6. The van der Waals surface area contributed by atoms with Crippen molar-refractivity contribution < 1.29 is 14.2 Å². The Morgan fingerprint density at radius 1 is 1.15 bits per heavy atom. The van der Waals surface area contributed by atoms with E-state index >= 15 is 0 Å². The van der Waals surface area contributed by atoms with Gasteiger partial charge in [-0.15, -0.1) is 0 Å². The van der Waals surface area contributed by atoms with E-state index in [0.29, 0.717) is 13.0 Å². The number of nitrogens with one attached hydrogen (secondary N) is 1. The first-order chi connectivity index (χ1) is 13.1. The minimum absolute atomic E-state index is 0.162. The zero-order chi connectivity index (χ0) is 19.1. The van der Waals surface area contributed by atoms with Crippen LogP contribution in [-0.2, 0) is 10.3 Å². The van der Waals surface area contributed by atoms with Crippen molar-refractivity contribution in [1.82, 2.24) is 5.32 Å². The van der Waals surface area contributed by atoms with Gasteiger partial charge in [0.1, 0.15) is 5.82 Å². The molecule has 0 bridgehead atoms. The molecular weight excluding hydrogens is 341 g/mol. The Morgan fingerprint density at radius 3 is 2.63 bits per heavy atom. The molecule has 0 spiro atoms. The molecule has 1 aliphatic rings. The zero-order valence-corrected chi connectivity index (χ0v) is 16.1. The number of hydrogen-bond donors (Lipinski definition) is 2. The molecule has 0 unspecified atom stereocenters. The van der Waals surface area contributed by atoms with Crippen LogP contribution in [0.3, 0.4) is 0 Å². The van der Waals surface area contributed by atoms with Gasteiger partial charge in [0, 0.05) is 26.2 Å². The van der Waals surface area contributed by atoms with Crippen molar-refractivity contribution >= 4 is 0 Å². The lowest BCUT2D eigenvalue weighted by Gasteiger charge is -2.40. The third-order valence-corrected chi connectivity index (χ3v) is 5.68. The number of methoxy groups -OCH3 is 1. The summed E-state index contributed by atoms with van der Waals surface area (Å²) in [5.74, 6) is -0.0852. The summed E-state index contributed by atoms with van der Waals surface area (Å²) in [6.45, 7) is 2.53. The molecule has 2 atom stereocenters. The van der Waals surface area contributed by atoms with Crippen LogP contribution < -0.4 is 5.32 Å². The lowest BCUT2D eigenvalue weighted by molar-refractivity contribution is -0.0429. The van der Waals surface area contributed by atoms with Crippen LogP contribution in [0.5, 0.6) is 0 Å². The van der Waals surface area contributed by atoms with E-state index in [-0.39, 0.29) is 11.7 Å². The largest absolute Gasteiger partial charge is 0.385 e. The van der Waals surface area contributed by atoms with E-state index in [4.69, 9.17) is 4.74 Å². The minimum Gasteiger partial charge on any atom is -0.385 e. The van der Waals surface area contributed by atoms with Gasteiger partial charge >= 0.3 is 0 Å². The predicted molar refractivity (Wildman–Crippen MR) is 107 cm³/mol. The highest BCUT2D eigenvalue weighted by Gasteiger charge is 2.39. The van der Waals surface area contributed by atoms with Gasteiger partial charge in [0.25, 0.3) is 0 Å². The van der Waals surface area contributed by atoms with E-state index in [1.807, 2.05) is 24.3 Å². The van der Waals surface area contributed by atoms with E-state index in [1.54, 1.807) is 19.2 Å². The average Bonchev–Trinajstić information content (AvgIpc) is 2.72. The molecule has 0 radical (unpaired) electrons.